The third-order valence-corrected chi connectivity index (χ3v) is 3.40. The zero-order chi connectivity index (χ0) is 14.8. The maximum absolute atomic E-state index is 12.7. The number of benzene rings is 2. The lowest BCUT2D eigenvalue weighted by Gasteiger charge is -2.10. The number of ketones is 1. The molecule has 104 valence electrons. The van der Waals surface area contributed by atoms with Gasteiger partial charge in [-0.2, -0.15) is 0 Å². The Morgan fingerprint density at radius 3 is 2.62 bits per heavy atom. The second kappa shape index (κ2) is 5.25. The van der Waals surface area contributed by atoms with Crippen LogP contribution in [0.5, 0.6) is 5.75 Å². The summed E-state index contributed by atoms with van der Waals surface area (Å²) in [6.45, 7) is 0. The maximum Gasteiger partial charge on any atom is 0.195 e. The number of hydrogen-bond acceptors (Lipinski definition) is 4. The minimum absolute atomic E-state index is 0.117. The molecule has 1 heterocycles. The molecule has 0 amide bonds. The van der Waals surface area contributed by atoms with Gasteiger partial charge in [0.05, 0.1) is 7.11 Å². The van der Waals surface area contributed by atoms with Crippen LogP contribution in [-0.2, 0) is 0 Å². The molecule has 1 aromatic heterocycles. The minimum Gasteiger partial charge on any atom is -0.494 e. The fourth-order valence-electron chi connectivity index (χ4n) is 2.36. The molecule has 0 saturated carbocycles. The first-order chi connectivity index (χ1) is 10.2. The van der Waals surface area contributed by atoms with E-state index in [1.807, 2.05) is 6.07 Å². The van der Waals surface area contributed by atoms with E-state index in [4.69, 9.17) is 10.5 Å². The molecular weight excluding hydrogens is 264 g/mol. The Balaban J connectivity index is 2.22. The van der Waals surface area contributed by atoms with E-state index in [0.29, 0.717) is 28.1 Å². The molecule has 0 spiro atoms. The summed E-state index contributed by atoms with van der Waals surface area (Å²) in [7, 11) is 1.58. The van der Waals surface area contributed by atoms with E-state index in [-0.39, 0.29) is 5.78 Å². The highest BCUT2D eigenvalue weighted by Crippen LogP contribution is 2.28. The van der Waals surface area contributed by atoms with Crippen molar-refractivity contribution in [1.29, 1.82) is 0 Å². The van der Waals surface area contributed by atoms with E-state index < -0.39 is 0 Å². The first-order valence-corrected chi connectivity index (χ1v) is 6.53. The molecule has 0 unspecified atom stereocenters. The van der Waals surface area contributed by atoms with Gasteiger partial charge in [-0.1, -0.05) is 18.2 Å². The fourth-order valence-corrected chi connectivity index (χ4v) is 2.36. The zero-order valence-electron chi connectivity index (χ0n) is 11.5. The number of ether oxygens (including phenoxy) is 1. The molecule has 2 aromatic carbocycles. The van der Waals surface area contributed by atoms with Crippen molar-refractivity contribution >= 4 is 22.4 Å². The molecular formula is C17H14N2O2. The summed E-state index contributed by atoms with van der Waals surface area (Å²) in [6.07, 6.45) is 1.68. The number of para-hydroxylation sites is 1. The number of pyridine rings is 1. The highest BCUT2D eigenvalue weighted by Gasteiger charge is 2.16. The van der Waals surface area contributed by atoms with E-state index in [9.17, 15) is 4.79 Å². The van der Waals surface area contributed by atoms with Crippen LogP contribution in [-0.4, -0.2) is 17.9 Å². The number of nitrogen functional groups attached to an aromatic ring is 1. The van der Waals surface area contributed by atoms with Crippen molar-refractivity contribution in [3.63, 3.8) is 0 Å². The summed E-state index contributed by atoms with van der Waals surface area (Å²) >= 11 is 0. The molecule has 4 heteroatoms. The van der Waals surface area contributed by atoms with Crippen LogP contribution in [0.4, 0.5) is 5.69 Å². The first-order valence-electron chi connectivity index (χ1n) is 6.53. The predicted molar refractivity (Wildman–Crippen MR) is 82.6 cm³/mol. The Kier molecular flexibility index (Phi) is 3.28. The standard InChI is InChI=1S/C17H14N2O2/c1-21-15-9-8-12(11-6-4-10-19-16(11)15)17(20)13-5-2-3-7-14(13)18/h2-10H,18H2,1H3. The molecule has 3 rings (SSSR count). The normalized spacial score (nSPS) is 10.5. The lowest BCUT2D eigenvalue weighted by molar-refractivity contribution is 0.104. The van der Waals surface area contributed by atoms with Gasteiger partial charge in [-0.15, -0.1) is 0 Å². The number of methoxy groups -OCH3 is 1. The average Bonchev–Trinajstić information content (AvgIpc) is 2.53. The number of rotatable bonds is 3. The van der Waals surface area contributed by atoms with E-state index >= 15 is 0 Å². The summed E-state index contributed by atoms with van der Waals surface area (Å²) < 4.78 is 5.29. The van der Waals surface area contributed by atoms with Crippen LogP contribution in [0.2, 0.25) is 0 Å². The summed E-state index contributed by atoms with van der Waals surface area (Å²) in [6, 6.07) is 14.2. The highest BCUT2D eigenvalue weighted by molar-refractivity contribution is 6.18. The van der Waals surface area contributed by atoms with E-state index in [2.05, 4.69) is 4.98 Å². The monoisotopic (exact) mass is 278 g/mol. The van der Waals surface area contributed by atoms with Crippen molar-refractivity contribution in [3.05, 3.63) is 65.9 Å². The molecule has 0 bridgehead atoms. The van der Waals surface area contributed by atoms with E-state index in [0.717, 1.165) is 5.39 Å². The molecule has 2 N–H and O–H groups in total. The number of fused-ring (bicyclic) bond motifs is 1. The molecule has 4 nitrogen and oxygen atoms in total. The van der Waals surface area contributed by atoms with Crippen LogP contribution in [0.1, 0.15) is 15.9 Å². The van der Waals surface area contributed by atoms with Gasteiger partial charge in [0, 0.05) is 28.4 Å². The van der Waals surface area contributed by atoms with E-state index in [1.165, 1.54) is 0 Å². The third-order valence-electron chi connectivity index (χ3n) is 3.40. The molecule has 0 aliphatic heterocycles. The summed E-state index contributed by atoms with van der Waals surface area (Å²) in [5.74, 6) is 0.525. The summed E-state index contributed by atoms with van der Waals surface area (Å²) in [4.78, 5) is 17.0. The summed E-state index contributed by atoms with van der Waals surface area (Å²) in [5.41, 5.74) is 8.09. The van der Waals surface area contributed by atoms with Crippen molar-refractivity contribution in [2.24, 2.45) is 0 Å². The molecule has 0 aliphatic rings. The lowest BCUT2D eigenvalue weighted by atomic mass is 9.98. The fraction of sp³-hybridized carbons (Fsp3) is 0.0588. The van der Waals surface area contributed by atoms with Gasteiger partial charge in [-0.3, -0.25) is 9.78 Å². The largest absolute Gasteiger partial charge is 0.494 e. The van der Waals surface area contributed by atoms with Crippen molar-refractivity contribution < 1.29 is 9.53 Å². The number of anilines is 1. The molecule has 0 aliphatic carbocycles. The highest BCUT2D eigenvalue weighted by atomic mass is 16.5. The SMILES string of the molecule is COc1ccc(C(=O)c2ccccc2N)c2cccnc12. The number of aromatic nitrogens is 1. The number of carbonyl (C=O) groups excluding carboxylic acids is 1. The topological polar surface area (TPSA) is 65.2 Å². The van der Waals surface area contributed by atoms with Gasteiger partial charge in [-0.05, 0) is 30.3 Å². The number of hydrogen-bond donors (Lipinski definition) is 1. The molecule has 0 atom stereocenters. The average molecular weight is 278 g/mol. The smallest absolute Gasteiger partial charge is 0.195 e. The second-order valence-electron chi connectivity index (χ2n) is 4.63. The van der Waals surface area contributed by atoms with Gasteiger partial charge in [0.15, 0.2) is 5.78 Å². The van der Waals surface area contributed by atoms with Gasteiger partial charge < -0.3 is 10.5 Å². The van der Waals surface area contributed by atoms with Crippen LogP contribution in [0.25, 0.3) is 10.9 Å². The Labute approximate surface area is 122 Å². The number of nitrogens with two attached hydrogens (primary N) is 1. The van der Waals surface area contributed by atoms with Gasteiger partial charge in [-0.25, -0.2) is 0 Å². The van der Waals surface area contributed by atoms with Crippen molar-refractivity contribution in [2.45, 2.75) is 0 Å². The van der Waals surface area contributed by atoms with Crippen LogP contribution < -0.4 is 10.5 Å². The number of carbonyl (C=O) groups is 1. The minimum atomic E-state index is -0.117. The van der Waals surface area contributed by atoms with Crippen LogP contribution in [0.3, 0.4) is 0 Å². The van der Waals surface area contributed by atoms with Crippen molar-refractivity contribution in [3.8, 4) is 5.75 Å². The third kappa shape index (κ3) is 2.21. The van der Waals surface area contributed by atoms with Crippen molar-refractivity contribution in [1.82, 2.24) is 4.98 Å². The quantitative estimate of drug-likeness (QED) is 0.590. The van der Waals surface area contributed by atoms with Gasteiger partial charge >= 0.3 is 0 Å². The maximum atomic E-state index is 12.7. The second-order valence-corrected chi connectivity index (χ2v) is 4.63. The van der Waals surface area contributed by atoms with Gasteiger partial charge in [0.2, 0.25) is 0 Å². The zero-order valence-corrected chi connectivity index (χ0v) is 11.5. The first kappa shape index (κ1) is 13.1. The molecule has 0 saturated heterocycles. The van der Waals surface area contributed by atoms with Gasteiger partial charge in [0.25, 0.3) is 0 Å². The van der Waals surface area contributed by atoms with E-state index in [1.54, 1.807) is 55.8 Å². The Bertz CT molecular complexity index is 828. The Morgan fingerprint density at radius 2 is 1.86 bits per heavy atom. The molecule has 0 radical (unpaired) electrons. The van der Waals surface area contributed by atoms with Crippen LogP contribution in [0, 0.1) is 0 Å². The van der Waals surface area contributed by atoms with Crippen LogP contribution in [0.15, 0.2) is 54.7 Å². The predicted octanol–water partition coefficient (Wildman–Crippen LogP) is 3.06. The molecule has 3 aromatic rings. The van der Waals surface area contributed by atoms with Crippen LogP contribution >= 0.6 is 0 Å². The summed E-state index contributed by atoms with van der Waals surface area (Å²) in [5, 5.41) is 0.755. The molecule has 21 heavy (non-hydrogen) atoms. The molecule has 0 fully saturated rings. The van der Waals surface area contributed by atoms with Crippen molar-refractivity contribution in [2.75, 3.05) is 12.8 Å². The Morgan fingerprint density at radius 1 is 1.05 bits per heavy atom. The number of nitrogens with zero attached hydrogens (tertiary/aromatic N) is 1. The lowest BCUT2D eigenvalue weighted by Crippen LogP contribution is -2.06. The van der Waals surface area contributed by atoms with Gasteiger partial charge in [0.1, 0.15) is 11.3 Å². The Hall–Kier alpha value is -2.88.